The lowest BCUT2D eigenvalue weighted by molar-refractivity contribution is -0.384. The minimum absolute atomic E-state index is 0.136. The Morgan fingerprint density at radius 3 is 2.74 bits per heavy atom. The van der Waals surface area contributed by atoms with Crippen molar-refractivity contribution in [3.8, 4) is 17.4 Å². The molecule has 0 fully saturated rings. The average molecular weight is 333 g/mol. The highest BCUT2D eigenvalue weighted by molar-refractivity contribution is 6.33. The first-order chi connectivity index (χ1) is 11.0. The maximum Gasteiger partial charge on any atom is 0.348 e. The number of nitrogens with zero attached hydrogens (tertiary/aromatic N) is 2. The second-order valence-corrected chi connectivity index (χ2v) is 4.69. The number of halogens is 1. The zero-order valence-electron chi connectivity index (χ0n) is 11.8. The van der Waals surface area contributed by atoms with E-state index in [1.807, 2.05) is 0 Å². The van der Waals surface area contributed by atoms with E-state index in [0.29, 0.717) is 11.3 Å². The Morgan fingerprint density at radius 2 is 2.17 bits per heavy atom. The van der Waals surface area contributed by atoms with Gasteiger partial charge in [0.2, 0.25) is 0 Å². The SMILES string of the molecule is COC(=O)/C(C#N)=C/c1ccc(-c2ccc([N+](=O)[O-])cc2Cl)o1. The first kappa shape index (κ1) is 16.3. The van der Waals surface area contributed by atoms with Crippen LogP contribution in [0, 0.1) is 21.4 Å². The van der Waals surface area contributed by atoms with Crippen molar-refractivity contribution in [3.05, 3.63) is 56.8 Å². The summed E-state index contributed by atoms with van der Waals surface area (Å²) in [5, 5.41) is 19.7. The molecule has 116 valence electrons. The highest BCUT2D eigenvalue weighted by Gasteiger charge is 2.14. The van der Waals surface area contributed by atoms with Crippen LogP contribution in [0.1, 0.15) is 5.76 Å². The minimum Gasteiger partial charge on any atom is -0.465 e. The monoisotopic (exact) mass is 332 g/mol. The van der Waals surface area contributed by atoms with Crippen LogP contribution in [0.25, 0.3) is 17.4 Å². The van der Waals surface area contributed by atoms with Crippen LogP contribution in [-0.4, -0.2) is 18.0 Å². The molecule has 0 radical (unpaired) electrons. The predicted octanol–water partition coefficient (Wildman–Crippen LogP) is 3.59. The van der Waals surface area contributed by atoms with Crippen LogP contribution in [0.2, 0.25) is 5.02 Å². The lowest BCUT2D eigenvalue weighted by Crippen LogP contribution is -2.02. The molecule has 1 aromatic carbocycles. The molecule has 0 saturated carbocycles. The van der Waals surface area contributed by atoms with Crippen LogP contribution in [0.5, 0.6) is 0 Å². The number of methoxy groups -OCH3 is 1. The van der Waals surface area contributed by atoms with E-state index in [2.05, 4.69) is 4.74 Å². The zero-order chi connectivity index (χ0) is 17.0. The summed E-state index contributed by atoms with van der Waals surface area (Å²) in [6.07, 6.45) is 1.23. The predicted molar refractivity (Wildman–Crippen MR) is 81.4 cm³/mol. The van der Waals surface area contributed by atoms with Crippen LogP contribution < -0.4 is 0 Å². The Bertz CT molecular complexity index is 848. The van der Waals surface area contributed by atoms with Gasteiger partial charge in [0, 0.05) is 23.8 Å². The second-order valence-electron chi connectivity index (χ2n) is 4.28. The van der Waals surface area contributed by atoms with Gasteiger partial charge in [0.25, 0.3) is 5.69 Å². The van der Waals surface area contributed by atoms with Crippen LogP contribution in [0.15, 0.2) is 40.3 Å². The van der Waals surface area contributed by atoms with E-state index in [-0.39, 0.29) is 22.0 Å². The van der Waals surface area contributed by atoms with E-state index >= 15 is 0 Å². The number of ether oxygens (including phenoxy) is 1. The van der Waals surface area contributed by atoms with Gasteiger partial charge in [-0.15, -0.1) is 0 Å². The summed E-state index contributed by atoms with van der Waals surface area (Å²) in [6, 6.07) is 8.79. The first-order valence-electron chi connectivity index (χ1n) is 6.20. The smallest absolute Gasteiger partial charge is 0.348 e. The Kier molecular flexibility index (Phi) is 4.79. The summed E-state index contributed by atoms with van der Waals surface area (Å²) >= 11 is 6.02. The lowest BCUT2D eigenvalue weighted by atomic mass is 10.1. The molecule has 0 aliphatic heterocycles. The van der Waals surface area contributed by atoms with Crippen molar-refractivity contribution in [2.45, 2.75) is 0 Å². The number of benzene rings is 1. The Morgan fingerprint density at radius 1 is 1.43 bits per heavy atom. The van der Waals surface area contributed by atoms with Gasteiger partial charge in [-0.05, 0) is 18.2 Å². The molecule has 1 aromatic heterocycles. The number of non-ortho nitro benzene ring substituents is 1. The van der Waals surface area contributed by atoms with Crippen LogP contribution in [-0.2, 0) is 9.53 Å². The molecule has 8 heteroatoms. The molecule has 0 N–H and O–H groups in total. The van der Waals surface area contributed by atoms with E-state index in [9.17, 15) is 14.9 Å². The molecular formula is C15H9ClN2O5. The topological polar surface area (TPSA) is 106 Å². The van der Waals surface area contributed by atoms with Crippen molar-refractivity contribution in [1.29, 1.82) is 5.26 Å². The maximum atomic E-state index is 11.3. The highest BCUT2D eigenvalue weighted by atomic mass is 35.5. The number of nitro groups is 1. The molecular weight excluding hydrogens is 324 g/mol. The minimum atomic E-state index is -0.779. The van der Waals surface area contributed by atoms with Crippen LogP contribution in [0.4, 0.5) is 5.69 Å². The quantitative estimate of drug-likeness (QED) is 0.278. The van der Waals surface area contributed by atoms with Gasteiger partial charge in [-0.25, -0.2) is 4.79 Å². The summed E-state index contributed by atoms with van der Waals surface area (Å²) in [5.74, 6) is -0.187. The van der Waals surface area contributed by atoms with Gasteiger partial charge >= 0.3 is 5.97 Å². The number of carbonyl (C=O) groups is 1. The fourth-order valence-corrected chi connectivity index (χ4v) is 2.05. The molecule has 0 aliphatic rings. The summed E-state index contributed by atoms with van der Waals surface area (Å²) in [5.41, 5.74) is 0.0968. The van der Waals surface area contributed by atoms with Crippen molar-refractivity contribution in [3.63, 3.8) is 0 Å². The van der Waals surface area contributed by atoms with Crippen LogP contribution in [0.3, 0.4) is 0 Å². The van der Waals surface area contributed by atoms with E-state index < -0.39 is 10.9 Å². The Labute approximate surface area is 135 Å². The van der Waals surface area contributed by atoms with Crippen molar-refractivity contribution >= 4 is 29.3 Å². The normalized spacial score (nSPS) is 10.9. The number of carbonyl (C=O) groups excluding carboxylic acids is 1. The molecule has 0 amide bonds. The molecule has 0 atom stereocenters. The van der Waals surface area contributed by atoms with E-state index in [4.69, 9.17) is 21.3 Å². The van der Waals surface area contributed by atoms with E-state index in [1.54, 1.807) is 12.1 Å². The highest BCUT2D eigenvalue weighted by Crippen LogP contribution is 2.32. The van der Waals surface area contributed by atoms with Gasteiger partial charge in [0.15, 0.2) is 0 Å². The second kappa shape index (κ2) is 6.77. The number of nitro benzene ring substituents is 1. The number of nitriles is 1. The third kappa shape index (κ3) is 3.56. The third-order valence-electron chi connectivity index (χ3n) is 2.87. The first-order valence-corrected chi connectivity index (χ1v) is 6.58. The fraction of sp³-hybridized carbons (Fsp3) is 0.0667. The van der Waals surface area contributed by atoms with Crippen LogP contribution >= 0.6 is 11.6 Å². The summed E-state index contributed by atoms with van der Waals surface area (Å²) in [4.78, 5) is 21.5. The van der Waals surface area contributed by atoms with E-state index in [0.717, 1.165) is 7.11 Å². The van der Waals surface area contributed by atoms with Crippen molar-refractivity contribution in [2.75, 3.05) is 7.11 Å². The Balaban J connectivity index is 2.37. The third-order valence-corrected chi connectivity index (χ3v) is 3.18. The van der Waals surface area contributed by atoms with E-state index in [1.165, 1.54) is 30.3 Å². The number of hydrogen-bond donors (Lipinski definition) is 0. The molecule has 0 aliphatic carbocycles. The Hall–Kier alpha value is -3.11. The molecule has 1 heterocycles. The number of rotatable bonds is 4. The molecule has 0 spiro atoms. The zero-order valence-corrected chi connectivity index (χ0v) is 12.5. The lowest BCUT2D eigenvalue weighted by Gasteiger charge is -2.00. The summed E-state index contributed by atoms with van der Waals surface area (Å²) in [7, 11) is 1.16. The molecule has 23 heavy (non-hydrogen) atoms. The summed E-state index contributed by atoms with van der Waals surface area (Å²) in [6.45, 7) is 0. The molecule has 2 aromatic rings. The van der Waals surface area contributed by atoms with Crippen molar-refractivity contribution in [1.82, 2.24) is 0 Å². The standard InChI is InChI=1S/C15H9ClN2O5/c1-22-15(19)9(8-17)6-11-3-5-14(23-11)12-4-2-10(18(20)21)7-13(12)16/h2-7H,1H3/b9-6+. The summed E-state index contributed by atoms with van der Waals surface area (Å²) < 4.78 is 9.95. The number of hydrogen-bond acceptors (Lipinski definition) is 6. The number of furan rings is 1. The number of esters is 1. The maximum absolute atomic E-state index is 11.3. The van der Waals surface area contributed by atoms with Gasteiger partial charge in [-0.2, -0.15) is 5.26 Å². The van der Waals surface area contributed by atoms with Gasteiger partial charge in [-0.1, -0.05) is 11.6 Å². The average Bonchev–Trinajstić information content (AvgIpc) is 2.99. The van der Waals surface area contributed by atoms with Gasteiger partial charge in [-0.3, -0.25) is 10.1 Å². The van der Waals surface area contributed by atoms with Gasteiger partial charge < -0.3 is 9.15 Å². The fourth-order valence-electron chi connectivity index (χ4n) is 1.78. The van der Waals surface area contributed by atoms with Crippen molar-refractivity contribution in [2.24, 2.45) is 0 Å². The van der Waals surface area contributed by atoms with Gasteiger partial charge in [0.1, 0.15) is 23.2 Å². The molecule has 2 rings (SSSR count). The molecule has 0 saturated heterocycles. The largest absolute Gasteiger partial charge is 0.465 e. The molecule has 0 bridgehead atoms. The van der Waals surface area contributed by atoms with Crippen molar-refractivity contribution < 1.29 is 18.9 Å². The molecule has 7 nitrogen and oxygen atoms in total. The molecule has 0 unspecified atom stereocenters. The van der Waals surface area contributed by atoms with Gasteiger partial charge in [0.05, 0.1) is 17.1 Å².